The zero-order valence-corrected chi connectivity index (χ0v) is 14.1. The summed E-state index contributed by atoms with van der Waals surface area (Å²) < 4.78 is 7.00. The van der Waals surface area contributed by atoms with Crippen molar-refractivity contribution in [3.8, 4) is 5.75 Å². The summed E-state index contributed by atoms with van der Waals surface area (Å²) in [6.07, 6.45) is 5.03. The molecule has 0 radical (unpaired) electrons. The van der Waals surface area contributed by atoms with Crippen LogP contribution in [-0.2, 0) is 11.3 Å². The smallest absolute Gasteiger partial charge is 0.225 e. The zero-order chi connectivity index (χ0) is 16.7. The third kappa shape index (κ3) is 4.84. The lowest BCUT2D eigenvalue weighted by Gasteiger charge is -2.24. The van der Waals surface area contributed by atoms with Crippen molar-refractivity contribution in [2.75, 3.05) is 13.7 Å². The van der Waals surface area contributed by atoms with Crippen LogP contribution in [-0.4, -0.2) is 34.2 Å². The summed E-state index contributed by atoms with van der Waals surface area (Å²) in [5.74, 6) is 0.986. The molecule has 0 fully saturated rings. The molecule has 0 saturated heterocycles. The van der Waals surface area contributed by atoms with Gasteiger partial charge in [-0.05, 0) is 37.1 Å². The summed E-state index contributed by atoms with van der Waals surface area (Å²) >= 11 is 0. The van der Waals surface area contributed by atoms with Gasteiger partial charge < -0.3 is 9.64 Å². The molecule has 0 spiro atoms. The molecule has 5 heteroatoms. The van der Waals surface area contributed by atoms with Gasteiger partial charge in [0, 0.05) is 31.9 Å². The van der Waals surface area contributed by atoms with E-state index in [1.807, 2.05) is 53.0 Å². The van der Waals surface area contributed by atoms with E-state index in [9.17, 15) is 4.79 Å². The first-order valence-electron chi connectivity index (χ1n) is 8.04. The Balaban J connectivity index is 1.99. The molecule has 1 heterocycles. The van der Waals surface area contributed by atoms with Crippen LogP contribution < -0.4 is 4.74 Å². The van der Waals surface area contributed by atoms with E-state index in [1.165, 1.54) is 0 Å². The second-order valence-electron chi connectivity index (χ2n) is 5.70. The predicted molar refractivity (Wildman–Crippen MR) is 90.3 cm³/mol. The van der Waals surface area contributed by atoms with Crippen LogP contribution in [0.15, 0.2) is 42.7 Å². The Bertz CT molecular complexity index is 593. The van der Waals surface area contributed by atoms with Gasteiger partial charge in [-0.3, -0.25) is 9.48 Å². The summed E-state index contributed by atoms with van der Waals surface area (Å²) in [5.41, 5.74) is 1.11. The van der Waals surface area contributed by atoms with E-state index in [4.69, 9.17) is 4.74 Å². The molecule has 0 saturated carbocycles. The minimum absolute atomic E-state index is 0.0627. The van der Waals surface area contributed by atoms with Gasteiger partial charge in [-0.15, -0.1) is 0 Å². The molecule has 0 aliphatic heterocycles. The van der Waals surface area contributed by atoms with Gasteiger partial charge in [0.1, 0.15) is 5.75 Å². The fraction of sp³-hybridized carbons (Fsp3) is 0.444. The van der Waals surface area contributed by atoms with Crippen molar-refractivity contribution in [1.82, 2.24) is 14.7 Å². The predicted octanol–water partition coefficient (Wildman–Crippen LogP) is 3.28. The molecule has 0 aliphatic carbocycles. The van der Waals surface area contributed by atoms with Gasteiger partial charge in [0.05, 0.1) is 13.2 Å². The Morgan fingerprint density at radius 1 is 1.35 bits per heavy atom. The topological polar surface area (TPSA) is 47.4 Å². The molecule has 1 aromatic carbocycles. The van der Waals surface area contributed by atoms with Crippen molar-refractivity contribution in [1.29, 1.82) is 0 Å². The van der Waals surface area contributed by atoms with Gasteiger partial charge in [0.25, 0.3) is 0 Å². The van der Waals surface area contributed by atoms with Gasteiger partial charge in [-0.2, -0.15) is 5.10 Å². The van der Waals surface area contributed by atoms with Crippen molar-refractivity contribution in [3.63, 3.8) is 0 Å². The monoisotopic (exact) mass is 315 g/mol. The lowest BCUT2D eigenvalue weighted by atomic mass is 10.1. The van der Waals surface area contributed by atoms with Crippen LogP contribution in [0.2, 0.25) is 0 Å². The summed E-state index contributed by atoms with van der Waals surface area (Å²) in [6.45, 7) is 5.49. The second kappa shape index (κ2) is 8.36. The first-order valence-corrected chi connectivity index (χ1v) is 8.04. The van der Waals surface area contributed by atoms with Crippen LogP contribution in [0.3, 0.4) is 0 Å². The third-order valence-corrected chi connectivity index (χ3v) is 3.83. The Morgan fingerprint density at radius 3 is 2.65 bits per heavy atom. The maximum absolute atomic E-state index is 12.6. The Kier molecular flexibility index (Phi) is 6.20. The lowest BCUT2D eigenvalue weighted by Crippen LogP contribution is -2.32. The lowest BCUT2D eigenvalue weighted by molar-refractivity contribution is -0.132. The van der Waals surface area contributed by atoms with E-state index in [2.05, 4.69) is 12.0 Å². The van der Waals surface area contributed by atoms with E-state index < -0.39 is 0 Å². The Hall–Kier alpha value is -2.30. The molecule has 0 N–H and O–H groups in total. The van der Waals surface area contributed by atoms with Crippen molar-refractivity contribution in [2.24, 2.45) is 0 Å². The zero-order valence-electron chi connectivity index (χ0n) is 14.1. The summed E-state index contributed by atoms with van der Waals surface area (Å²) in [7, 11) is 1.65. The number of carbonyl (C=O) groups excluding carboxylic acids is 1. The van der Waals surface area contributed by atoms with Crippen LogP contribution in [0, 0.1) is 0 Å². The number of carbonyl (C=O) groups is 1. The number of ether oxygens (including phenoxy) is 1. The highest BCUT2D eigenvalue weighted by molar-refractivity contribution is 5.76. The van der Waals surface area contributed by atoms with Gasteiger partial charge in [0.15, 0.2) is 0 Å². The molecule has 1 amide bonds. The molecule has 124 valence electrons. The fourth-order valence-corrected chi connectivity index (χ4v) is 2.53. The molecule has 5 nitrogen and oxygen atoms in total. The van der Waals surface area contributed by atoms with E-state index in [1.54, 1.807) is 13.3 Å². The SMILES string of the molecule is CCCN(Cc1ccc(OC)cc1)C(=O)C[C@H](C)n1cccn1. The minimum Gasteiger partial charge on any atom is -0.497 e. The van der Waals surface area contributed by atoms with Crippen molar-refractivity contribution >= 4 is 5.91 Å². The first-order chi connectivity index (χ1) is 11.1. The molecule has 23 heavy (non-hydrogen) atoms. The fourth-order valence-electron chi connectivity index (χ4n) is 2.53. The standard InChI is InChI=1S/C18H25N3O2/c1-4-11-20(14-16-6-8-17(23-3)9-7-16)18(22)13-15(2)21-12-5-10-19-21/h5-10,12,15H,4,11,13-14H2,1-3H3/t15-/m0/s1. The number of amides is 1. The number of benzene rings is 1. The summed E-state index contributed by atoms with van der Waals surface area (Å²) in [6, 6.07) is 9.80. The second-order valence-corrected chi connectivity index (χ2v) is 5.70. The van der Waals surface area contributed by atoms with Crippen LogP contribution >= 0.6 is 0 Å². The molecular formula is C18H25N3O2. The van der Waals surface area contributed by atoms with Crippen molar-refractivity contribution in [2.45, 2.75) is 39.3 Å². The molecule has 0 aliphatic rings. The van der Waals surface area contributed by atoms with Gasteiger partial charge in [-0.25, -0.2) is 0 Å². The van der Waals surface area contributed by atoms with Gasteiger partial charge >= 0.3 is 0 Å². The van der Waals surface area contributed by atoms with Crippen LogP contribution in [0.25, 0.3) is 0 Å². The summed E-state index contributed by atoms with van der Waals surface area (Å²) in [5, 5.41) is 4.21. The summed E-state index contributed by atoms with van der Waals surface area (Å²) in [4.78, 5) is 14.5. The molecular weight excluding hydrogens is 290 g/mol. The number of hydrogen-bond acceptors (Lipinski definition) is 3. The number of hydrogen-bond donors (Lipinski definition) is 0. The maximum Gasteiger partial charge on any atom is 0.225 e. The van der Waals surface area contributed by atoms with Crippen molar-refractivity contribution in [3.05, 3.63) is 48.3 Å². The third-order valence-electron chi connectivity index (χ3n) is 3.83. The first kappa shape index (κ1) is 17.1. The highest BCUT2D eigenvalue weighted by Gasteiger charge is 2.17. The molecule has 1 aromatic heterocycles. The van der Waals surface area contributed by atoms with E-state index >= 15 is 0 Å². The highest BCUT2D eigenvalue weighted by Crippen LogP contribution is 2.16. The van der Waals surface area contributed by atoms with Crippen LogP contribution in [0.1, 0.15) is 38.3 Å². The number of aromatic nitrogens is 2. The molecule has 0 unspecified atom stereocenters. The van der Waals surface area contributed by atoms with Gasteiger partial charge in [0.2, 0.25) is 5.91 Å². The van der Waals surface area contributed by atoms with Crippen LogP contribution in [0.5, 0.6) is 5.75 Å². The molecule has 2 aromatic rings. The minimum atomic E-state index is 0.0627. The van der Waals surface area contributed by atoms with E-state index in [0.717, 1.165) is 24.3 Å². The quantitative estimate of drug-likeness (QED) is 0.751. The van der Waals surface area contributed by atoms with E-state index in [0.29, 0.717) is 13.0 Å². The average Bonchev–Trinajstić information content (AvgIpc) is 3.09. The number of methoxy groups -OCH3 is 1. The molecule has 1 atom stereocenters. The average molecular weight is 315 g/mol. The van der Waals surface area contributed by atoms with Gasteiger partial charge in [-0.1, -0.05) is 19.1 Å². The number of nitrogens with zero attached hydrogens (tertiary/aromatic N) is 3. The number of rotatable bonds is 8. The molecule has 0 bridgehead atoms. The van der Waals surface area contributed by atoms with Crippen molar-refractivity contribution < 1.29 is 9.53 Å². The Labute approximate surface area is 137 Å². The Morgan fingerprint density at radius 2 is 2.09 bits per heavy atom. The van der Waals surface area contributed by atoms with Crippen LogP contribution in [0.4, 0.5) is 0 Å². The molecule has 2 rings (SSSR count). The normalized spacial score (nSPS) is 12.0. The van der Waals surface area contributed by atoms with E-state index in [-0.39, 0.29) is 11.9 Å². The highest BCUT2D eigenvalue weighted by atomic mass is 16.5. The largest absolute Gasteiger partial charge is 0.497 e. The maximum atomic E-state index is 12.6.